The van der Waals surface area contributed by atoms with E-state index in [-0.39, 0.29) is 40.7 Å². The van der Waals surface area contributed by atoms with Gasteiger partial charge in [0.05, 0.1) is 45.6 Å². The second kappa shape index (κ2) is 15.0. The molecule has 4 saturated heterocycles. The lowest BCUT2D eigenvalue weighted by Crippen LogP contribution is -2.63. The molecule has 1 aliphatic carbocycles. The lowest BCUT2D eigenvalue weighted by molar-refractivity contribution is -0.136. The minimum absolute atomic E-state index is 0.00484. The molecule has 1 aromatic heterocycles. The summed E-state index contributed by atoms with van der Waals surface area (Å²) in [6.45, 7) is 2.77. The minimum atomic E-state index is -0.984. The molecule has 2 bridgehead atoms. The van der Waals surface area contributed by atoms with Gasteiger partial charge in [-0.25, -0.2) is 14.4 Å². The Balaban J connectivity index is 0.822. The fourth-order valence-electron chi connectivity index (χ4n) is 9.20. The number of imide groups is 2. The molecule has 5 aliphatic heterocycles. The predicted molar refractivity (Wildman–Crippen MR) is 211 cm³/mol. The molecule has 296 valence electrons. The lowest BCUT2D eigenvalue weighted by atomic mass is 9.84. The van der Waals surface area contributed by atoms with Crippen LogP contribution in [-0.2, 0) is 9.59 Å². The molecule has 4 amide bonds. The van der Waals surface area contributed by atoms with E-state index in [2.05, 4.69) is 30.4 Å². The number of piperazine rings is 1. The van der Waals surface area contributed by atoms with Crippen LogP contribution in [0.25, 0.3) is 10.9 Å². The van der Waals surface area contributed by atoms with Gasteiger partial charge in [0.1, 0.15) is 18.2 Å². The average Bonchev–Trinajstić information content (AvgIpc) is 3.46. The number of hydrogen-bond donors (Lipinski definition) is 2. The van der Waals surface area contributed by atoms with Crippen molar-refractivity contribution in [2.45, 2.75) is 75.6 Å². The van der Waals surface area contributed by atoms with Crippen LogP contribution in [0.5, 0.6) is 11.5 Å². The summed E-state index contributed by atoms with van der Waals surface area (Å²) in [5, 5.41) is 5.86. The monoisotopic (exact) mass is 815 g/mol. The Labute approximate surface area is 337 Å². The maximum absolute atomic E-state index is 14.9. The van der Waals surface area contributed by atoms with Gasteiger partial charge in [-0.05, 0) is 87.3 Å². The van der Waals surface area contributed by atoms with Gasteiger partial charge in [-0.3, -0.25) is 34.3 Å². The van der Waals surface area contributed by atoms with E-state index in [9.17, 15) is 23.6 Å². The van der Waals surface area contributed by atoms with Gasteiger partial charge in [-0.1, -0.05) is 23.2 Å². The maximum Gasteiger partial charge on any atom is 0.262 e. The molecule has 0 spiro atoms. The third-order valence-corrected chi connectivity index (χ3v) is 13.0. The van der Waals surface area contributed by atoms with Gasteiger partial charge in [-0.2, -0.15) is 0 Å². The molecule has 3 atom stereocenters. The molecule has 6 aliphatic rings. The first-order chi connectivity index (χ1) is 27.6. The van der Waals surface area contributed by atoms with E-state index in [1.165, 1.54) is 18.5 Å². The summed E-state index contributed by atoms with van der Waals surface area (Å²) in [6, 6.07) is 11.7. The van der Waals surface area contributed by atoms with Gasteiger partial charge in [0.25, 0.3) is 11.8 Å². The number of nitrogens with zero attached hydrogens (tertiary/aromatic N) is 5. The van der Waals surface area contributed by atoms with Gasteiger partial charge in [-0.15, -0.1) is 0 Å². The molecule has 6 heterocycles. The van der Waals surface area contributed by atoms with Crippen LogP contribution >= 0.6 is 23.2 Å². The zero-order valence-electron chi connectivity index (χ0n) is 31.1. The summed E-state index contributed by atoms with van der Waals surface area (Å²) in [5.74, 6) is -0.624. The highest BCUT2D eigenvalue weighted by molar-refractivity contribution is 6.42. The smallest absolute Gasteiger partial charge is 0.262 e. The third kappa shape index (κ3) is 6.91. The van der Waals surface area contributed by atoms with E-state index in [0.717, 1.165) is 68.7 Å². The molecule has 2 N–H and O–H groups in total. The highest BCUT2D eigenvalue weighted by Crippen LogP contribution is 2.41. The quantitative estimate of drug-likeness (QED) is 0.141. The minimum Gasteiger partial charge on any atom is -0.493 e. The number of methoxy groups -OCH3 is 1. The van der Waals surface area contributed by atoms with Crippen molar-refractivity contribution in [3.05, 3.63) is 75.8 Å². The van der Waals surface area contributed by atoms with E-state index in [0.29, 0.717) is 51.3 Å². The second-order valence-electron chi connectivity index (χ2n) is 15.5. The van der Waals surface area contributed by atoms with Gasteiger partial charge >= 0.3 is 0 Å². The molecule has 1 saturated carbocycles. The van der Waals surface area contributed by atoms with Crippen LogP contribution in [0.1, 0.15) is 72.1 Å². The Hall–Kier alpha value is -5.05. The number of aromatic nitrogens is 2. The van der Waals surface area contributed by atoms with Crippen molar-refractivity contribution < 1.29 is 33.0 Å². The third-order valence-electron chi connectivity index (χ3n) is 12.2. The Morgan fingerprint density at radius 3 is 2.42 bits per heavy atom. The number of carbonyl (C=O) groups is 4. The number of halogens is 3. The number of hydrogen-bond acceptors (Lipinski definition) is 11. The van der Waals surface area contributed by atoms with Crippen molar-refractivity contribution in [3.63, 3.8) is 0 Å². The predicted octanol–water partition coefficient (Wildman–Crippen LogP) is 6.52. The molecular formula is C41H40Cl2FN7O6. The zero-order chi connectivity index (χ0) is 39.5. The van der Waals surface area contributed by atoms with Crippen molar-refractivity contribution >= 4 is 74.9 Å². The van der Waals surface area contributed by atoms with Crippen LogP contribution in [0.15, 0.2) is 48.8 Å². The van der Waals surface area contributed by atoms with Crippen molar-refractivity contribution in [1.29, 1.82) is 0 Å². The first-order valence-corrected chi connectivity index (χ1v) is 20.1. The van der Waals surface area contributed by atoms with Crippen LogP contribution in [0.2, 0.25) is 10.0 Å². The highest BCUT2D eigenvalue weighted by Gasteiger charge is 2.46. The molecule has 4 aromatic rings. The van der Waals surface area contributed by atoms with E-state index in [1.807, 2.05) is 12.1 Å². The fourth-order valence-corrected chi connectivity index (χ4v) is 9.51. The van der Waals surface area contributed by atoms with E-state index in [4.69, 9.17) is 32.7 Å². The molecule has 0 radical (unpaired) electrons. The van der Waals surface area contributed by atoms with Gasteiger partial charge in [0.2, 0.25) is 11.8 Å². The van der Waals surface area contributed by atoms with Crippen LogP contribution in [-0.4, -0.2) is 94.4 Å². The number of piperidine rings is 3. The Bertz CT molecular complexity index is 2320. The second-order valence-corrected chi connectivity index (χ2v) is 16.3. The SMILES string of the molecule is COc1cc2ncnc(Nc3ccc(Cl)c(Cl)c3F)c2cc1OC1CCC(CN2CC3CCC2CN3c2ccc3c(c2)C(=O)N(C2CCC(=O)NC2=O)C3=O)CC1. The van der Waals surface area contributed by atoms with Crippen LogP contribution in [0, 0.1) is 11.7 Å². The molecule has 5 fully saturated rings. The summed E-state index contributed by atoms with van der Waals surface area (Å²) in [7, 11) is 1.59. The number of benzene rings is 3. The maximum atomic E-state index is 14.9. The van der Waals surface area contributed by atoms with Crippen LogP contribution < -0.4 is 25.0 Å². The Morgan fingerprint density at radius 2 is 1.67 bits per heavy atom. The summed E-state index contributed by atoms with van der Waals surface area (Å²) >= 11 is 12.0. The summed E-state index contributed by atoms with van der Waals surface area (Å²) in [4.78, 5) is 65.7. The fraction of sp³-hybridized carbons (Fsp3) is 0.415. The number of rotatable bonds is 9. The largest absolute Gasteiger partial charge is 0.493 e. The number of ether oxygens (including phenoxy) is 2. The summed E-state index contributed by atoms with van der Waals surface area (Å²) < 4.78 is 27.2. The van der Waals surface area contributed by atoms with E-state index in [1.54, 1.807) is 25.3 Å². The van der Waals surface area contributed by atoms with Crippen molar-refractivity contribution in [2.24, 2.45) is 5.92 Å². The number of anilines is 3. The molecular weight excluding hydrogens is 776 g/mol. The van der Waals surface area contributed by atoms with Gasteiger partial charge in [0.15, 0.2) is 17.3 Å². The molecule has 13 nitrogen and oxygen atoms in total. The van der Waals surface area contributed by atoms with E-state index >= 15 is 0 Å². The topological polar surface area (TPSA) is 146 Å². The number of carbonyl (C=O) groups excluding carboxylic acids is 4. The zero-order valence-corrected chi connectivity index (χ0v) is 32.6. The summed E-state index contributed by atoms with van der Waals surface area (Å²) in [6.07, 6.45) is 7.58. The normalized spacial score (nSPS) is 24.9. The van der Waals surface area contributed by atoms with Crippen LogP contribution in [0.3, 0.4) is 0 Å². The number of fused-ring (bicyclic) bond motifs is 5. The number of amides is 4. The van der Waals surface area contributed by atoms with Gasteiger partial charge < -0.3 is 19.7 Å². The first kappa shape index (κ1) is 37.5. The molecule has 3 aromatic carbocycles. The van der Waals surface area contributed by atoms with Gasteiger partial charge in [0, 0.05) is 55.3 Å². The molecule has 57 heavy (non-hydrogen) atoms. The highest BCUT2D eigenvalue weighted by atomic mass is 35.5. The average molecular weight is 817 g/mol. The molecule has 3 unspecified atom stereocenters. The van der Waals surface area contributed by atoms with Crippen LogP contribution in [0.4, 0.5) is 21.6 Å². The molecule has 16 heteroatoms. The standard InChI is InChI=1S/C41H40Cl2FN7O6/c1-56-33-16-31-28(38(46-20-45-31)47-30-11-10-29(42)36(43)37(30)44)15-34(33)57-25-7-2-21(3-8-25)17-49-18-24-5-4-23(49)19-50(24)22-6-9-26-27(14-22)41(55)51(40(26)54)32-12-13-35(52)48-39(32)53/h6,9-11,14-16,20-21,23-25,32H,2-5,7-8,12-13,17-19H2,1H3,(H,45,46,47)(H,48,52,53). The number of nitrogens with one attached hydrogen (secondary N) is 2. The van der Waals surface area contributed by atoms with E-state index < -0.39 is 35.5 Å². The first-order valence-electron chi connectivity index (χ1n) is 19.3. The van der Waals surface area contributed by atoms with Crippen molar-refractivity contribution in [2.75, 3.05) is 37.0 Å². The Kier molecular flexibility index (Phi) is 9.90. The summed E-state index contributed by atoms with van der Waals surface area (Å²) in [5.41, 5.74) is 2.25. The lowest BCUT2D eigenvalue weighted by Gasteiger charge is -2.53. The molecule has 10 rings (SSSR count). The Morgan fingerprint density at radius 1 is 0.877 bits per heavy atom. The van der Waals surface area contributed by atoms with Crippen molar-refractivity contribution in [1.82, 2.24) is 25.1 Å². The van der Waals surface area contributed by atoms with Crippen molar-refractivity contribution in [3.8, 4) is 11.5 Å².